The molecule has 0 N–H and O–H groups in total. The quantitative estimate of drug-likeness (QED) is 0.304. The zero-order valence-electron chi connectivity index (χ0n) is 19.2. The number of nitrogens with zero attached hydrogens (tertiary/aromatic N) is 3. The van der Waals surface area contributed by atoms with E-state index in [1.54, 1.807) is 4.90 Å². The molecule has 0 aliphatic carbocycles. The normalized spacial score (nSPS) is 15.2. The fourth-order valence-corrected chi connectivity index (χ4v) is 4.96. The Balaban J connectivity index is 1.78. The van der Waals surface area contributed by atoms with Crippen molar-refractivity contribution in [3.05, 3.63) is 70.8 Å². The Bertz CT molecular complexity index is 1220. The number of aryl methyl sites for hydroxylation is 1. The zero-order valence-corrected chi connectivity index (χ0v) is 20.9. The number of carbonyl (C=O) groups is 1. The average molecular weight is 478 g/mol. The van der Waals surface area contributed by atoms with E-state index < -0.39 is 0 Å². The van der Waals surface area contributed by atoms with Gasteiger partial charge in [0.2, 0.25) is 0 Å². The molecule has 1 aliphatic rings. The van der Waals surface area contributed by atoms with Crippen LogP contribution < -0.4 is 4.74 Å². The minimum Gasteiger partial charge on any atom is -0.493 e. The first-order valence-corrected chi connectivity index (χ1v) is 12.2. The molecule has 170 valence electrons. The highest BCUT2D eigenvalue weighted by Gasteiger charge is 2.31. The SMILES string of the molecule is CCN1C(=O)/C(=C/c2cn(-c3ccccc3)nc2-c2ccc(OCC(C)C)cc2C)SC1=S. The first-order valence-electron chi connectivity index (χ1n) is 11.0. The van der Waals surface area contributed by atoms with Crippen LogP contribution in [0.3, 0.4) is 0 Å². The number of rotatable bonds is 7. The number of aromatic nitrogens is 2. The lowest BCUT2D eigenvalue weighted by molar-refractivity contribution is -0.121. The van der Waals surface area contributed by atoms with E-state index in [0.717, 1.165) is 33.8 Å². The van der Waals surface area contributed by atoms with E-state index in [1.165, 1.54) is 11.8 Å². The Hall–Kier alpha value is -2.90. The van der Waals surface area contributed by atoms with Crippen LogP contribution in [0.1, 0.15) is 31.9 Å². The molecule has 2 heterocycles. The molecule has 1 fully saturated rings. The lowest BCUT2D eigenvalue weighted by atomic mass is 10.0. The van der Waals surface area contributed by atoms with Crippen molar-refractivity contribution in [3.63, 3.8) is 0 Å². The van der Waals surface area contributed by atoms with E-state index in [2.05, 4.69) is 20.8 Å². The number of thiocarbonyl (C=S) groups is 1. The van der Waals surface area contributed by atoms with Gasteiger partial charge < -0.3 is 4.74 Å². The smallest absolute Gasteiger partial charge is 0.266 e. The van der Waals surface area contributed by atoms with Gasteiger partial charge in [-0.25, -0.2) is 4.68 Å². The average Bonchev–Trinajstić information content (AvgIpc) is 3.33. The zero-order chi connectivity index (χ0) is 23.5. The molecule has 5 nitrogen and oxygen atoms in total. The van der Waals surface area contributed by atoms with Crippen LogP contribution in [-0.2, 0) is 4.79 Å². The molecule has 1 saturated heterocycles. The first kappa shape index (κ1) is 23.3. The monoisotopic (exact) mass is 477 g/mol. The first-order chi connectivity index (χ1) is 15.9. The van der Waals surface area contributed by atoms with Gasteiger partial charge in [0.15, 0.2) is 0 Å². The van der Waals surface area contributed by atoms with Crippen molar-refractivity contribution >= 4 is 40.3 Å². The van der Waals surface area contributed by atoms with Crippen LogP contribution in [0.4, 0.5) is 0 Å². The van der Waals surface area contributed by atoms with E-state index in [-0.39, 0.29) is 5.91 Å². The van der Waals surface area contributed by atoms with Crippen molar-refractivity contribution in [2.75, 3.05) is 13.2 Å². The maximum Gasteiger partial charge on any atom is 0.266 e. The van der Waals surface area contributed by atoms with Crippen molar-refractivity contribution in [2.45, 2.75) is 27.7 Å². The Kier molecular flexibility index (Phi) is 7.00. The molecule has 7 heteroatoms. The van der Waals surface area contributed by atoms with Crippen molar-refractivity contribution < 1.29 is 9.53 Å². The third-order valence-corrected chi connectivity index (χ3v) is 6.65. The van der Waals surface area contributed by atoms with Gasteiger partial charge in [0, 0.05) is 23.9 Å². The van der Waals surface area contributed by atoms with Gasteiger partial charge in [-0.3, -0.25) is 9.69 Å². The molecule has 0 spiro atoms. The molecule has 0 bridgehead atoms. The van der Waals surface area contributed by atoms with Crippen molar-refractivity contribution in [3.8, 4) is 22.7 Å². The number of para-hydroxylation sites is 1. The minimum absolute atomic E-state index is 0.0555. The van der Waals surface area contributed by atoms with E-state index in [1.807, 2.05) is 72.4 Å². The lowest BCUT2D eigenvalue weighted by Crippen LogP contribution is -2.27. The second kappa shape index (κ2) is 9.93. The number of ether oxygens (including phenoxy) is 1. The summed E-state index contributed by atoms with van der Waals surface area (Å²) in [7, 11) is 0. The van der Waals surface area contributed by atoms with Gasteiger partial charge in [0.25, 0.3) is 5.91 Å². The molecule has 3 aromatic rings. The summed E-state index contributed by atoms with van der Waals surface area (Å²) in [5.74, 6) is 1.25. The Morgan fingerprint density at radius 3 is 2.58 bits per heavy atom. The molecule has 1 aromatic heterocycles. The molecule has 0 atom stereocenters. The topological polar surface area (TPSA) is 47.4 Å². The summed E-state index contributed by atoms with van der Waals surface area (Å²) < 4.78 is 8.34. The Morgan fingerprint density at radius 1 is 1.18 bits per heavy atom. The third kappa shape index (κ3) is 5.04. The highest BCUT2D eigenvalue weighted by Crippen LogP contribution is 2.36. The molecule has 2 aromatic carbocycles. The van der Waals surface area contributed by atoms with E-state index in [4.69, 9.17) is 22.1 Å². The molecule has 33 heavy (non-hydrogen) atoms. The molecular formula is C26H27N3O2S2. The highest BCUT2D eigenvalue weighted by atomic mass is 32.2. The number of hydrogen-bond donors (Lipinski definition) is 0. The molecule has 0 unspecified atom stereocenters. The number of carbonyl (C=O) groups excluding carboxylic acids is 1. The van der Waals surface area contributed by atoms with Crippen LogP contribution in [0.15, 0.2) is 59.6 Å². The standard InChI is InChI=1S/C26H27N3O2S2/c1-5-28-25(30)23(33-26(28)32)14-19-15-29(20-9-7-6-8-10-20)27-24(19)22-12-11-21(13-18(22)4)31-16-17(2)3/h6-15,17H,5,16H2,1-4H3/b23-14-. The van der Waals surface area contributed by atoms with Crippen LogP contribution in [0.5, 0.6) is 5.75 Å². The summed E-state index contributed by atoms with van der Waals surface area (Å²) in [5.41, 5.74) is 4.70. The maximum absolute atomic E-state index is 12.8. The van der Waals surface area contributed by atoms with Crippen molar-refractivity contribution in [1.82, 2.24) is 14.7 Å². The second-order valence-electron chi connectivity index (χ2n) is 8.32. The molecule has 1 amide bonds. The predicted molar refractivity (Wildman–Crippen MR) is 140 cm³/mol. The number of amides is 1. The molecule has 0 saturated carbocycles. The van der Waals surface area contributed by atoms with Gasteiger partial charge in [-0.1, -0.05) is 56.0 Å². The van der Waals surface area contributed by atoms with Crippen LogP contribution in [0.2, 0.25) is 0 Å². The molecule has 1 aliphatic heterocycles. The number of hydrogen-bond acceptors (Lipinski definition) is 5. The predicted octanol–water partition coefficient (Wildman–Crippen LogP) is 6.10. The highest BCUT2D eigenvalue weighted by molar-refractivity contribution is 8.26. The number of thioether (sulfide) groups is 1. The summed E-state index contributed by atoms with van der Waals surface area (Å²) in [6.45, 7) is 9.48. The van der Waals surface area contributed by atoms with Crippen LogP contribution in [-0.4, -0.2) is 38.1 Å². The molecule has 0 radical (unpaired) electrons. The van der Waals surface area contributed by atoms with Gasteiger partial charge in [-0.15, -0.1) is 0 Å². The molecular weight excluding hydrogens is 450 g/mol. The van der Waals surface area contributed by atoms with Crippen LogP contribution in [0, 0.1) is 12.8 Å². The van der Waals surface area contributed by atoms with E-state index in [9.17, 15) is 4.79 Å². The summed E-state index contributed by atoms with van der Waals surface area (Å²) in [5, 5.41) is 4.90. The Morgan fingerprint density at radius 2 is 1.94 bits per heavy atom. The number of benzene rings is 2. The summed E-state index contributed by atoms with van der Waals surface area (Å²) in [4.78, 5) is 15.1. The fraction of sp³-hybridized carbons (Fsp3) is 0.269. The molecule has 4 rings (SSSR count). The minimum atomic E-state index is -0.0555. The third-order valence-electron chi connectivity index (χ3n) is 5.28. The van der Waals surface area contributed by atoms with E-state index >= 15 is 0 Å². The van der Waals surface area contributed by atoms with Crippen LogP contribution in [0.25, 0.3) is 23.0 Å². The summed E-state index contributed by atoms with van der Waals surface area (Å²) in [6, 6.07) is 16.0. The maximum atomic E-state index is 12.8. The van der Waals surface area contributed by atoms with Crippen LogP contribution >= 0.6 is 24.0 Å². The Labute approximate surface area is 204 Å². The second-order valence-corrected chi connectivity index (χ2v) is 10.00. The largest absolute Gasteiger partial charge is 0.493 e. The van der Waals surface area contributed by atoms with Gasteiger partial charge in [-0.05, 0) is 61.7 Å². The van der Waals surface area contributed by atoms with E-state index in [0.29, 0.717) is 28.3 Å². The van der Waals surface area contributed by atoms with Gasteiger partial charge >= 0.3 is 0 Å². The number of likely N-dealkylation sites (N-methyl/N-ethyl adjacent to an activating group) is 1. The van der Waals surface area contributed by atoms with Crippen molar-refractivity contribution in [1.29, 1.82) is 0 Å². The van der Waals surface area contributed by atoms with Gasteiger partial charge in [-0.2, -0.15) is 5.10 Å². The van der Waals surface area contributed by atoms with Gasteiger partial charge in [0.1, 0.15) is 15.8 Å². The lowest BCUT2D eigenvalue weighted by Gasteiger charge is -2.11. The fourth-order valence-electron chi connectivity index (χ4n) is 3.58. The van der Waals surface area contributed by atoms with Gasteiger partial charge in [0.05, 0.1) is 17.2 Å². The summed E-state index contributed by atoms with van der Waals surface area (Å²) in [6.07, 6.45) is 3.87. The van der Waals surface area contributed by atoms with Crippen molar-refractivity contribution in [2.24, 2.45) is 5.92 Å². The summed E-state index contributed by atoms with van der Waals surface area (Å²) >= 11 is 6.73.